The molecule has 114 valence electrons. The quantitative estimate of drug-likeness (QED) is 0.697. The number of aliphatic hydroxyl groups excluding tert-OH is 1. The summed E-state index contributed by atoms with van der Waals surface area (Å²) in [4.78, 5) is 0. The Morgan fingerprint density at radius 1 is 1.25 bits per heavy atom. The molecule has 3 nitrogen and oxygen atoms in total. The first-order valence-corrected chi connectivity index (χ1v) is 8.59. The number of ether oxygens (including phenoxy) is 1. The molecule has 4 heteroatoms. The van der Waals surface area contributed by atoms with Gasteiger partial charge in [-0.3, -0.25) is 0 Å². The minimum Gasteiger partial charge on any atom is -0.389 e. The van der Waals surface area contributed by atoms with Gasteiger partial charge in [-0.1, -0.05) is 30.3 Å². The van der Waals surface area contributed by atoms with Crippen LogP contribution in [0.3, 0.4) is 0 Å². The molecule has 20 heavy (non-hydrogen) atoms. The first-order valence-electron chi connectivity index (χ1n) is 7.20. The van der Waals surface area contributed by atoms with E-state index in [1.165, 1.54) is 0 Å². The molecule has 1 rings (SSSR count). The minimum absolute atomic E-state index is 0.0137. The van der Waals surface area contributed by atoms with Crippen molar-refractivity contribution in [3.8, 4) is 0 Å². The second kappa shape index (κ2) is 10.2. The Bertz CT molecular complexity index is 348. The number of nitrogens with one attached hydrogen (secondary N) is 1. The summed E-state index contributed by atoms with van der Waals surface area (Å²) in [6.07, 6.45) is 2.79. The number of rotatable bonds is 10. The van der Waals surface area contributed by atoms with Crippen molar-refractivity contribution in [3.63, 3.8) is 0 Å². The van der Waals surface area contributed by atoms with Gasteiger partial charge < -0.3 is 15.2 Å². The molecule has 0 saturated heterocycles. The molecule has 0 aliphatic heterocycles. The maximum Gasteiger partial charge on any atom is 0.0898 e. The van der Waals surface area contributed by atoms with Crippen LogP contribution in [0.4, 0.5) is 0 Å². The number of thioether (sulfide) groups is 1. The van der Waals surface area contributed by atoms with E-state index in [1.807, 2.05) is 49.0 Å². The summed E-state index contributed by atoms with van der Waals surface area (Å²) in [7, 11) is 0. The van der Waals surface area contributed by atoms with Crippen molar-refractivity contribution in [3.05, 3.63) is 35.9 Å². The Kier molecular flexibility index (Phi) is 8.94. The summed E-state index contributed by atoms with van der Waals surface area (Å²) in [6, 6.07) is 10.5. The topological polar surface area (TPSA) is 41.5 Å². The first kappa shape index (κ1) is 17.5. The monoisotopic (exact) mass is 297 g/mol. The molecule has 0 aliphatic rings. The molecule has 1 aromatic carbocycles. The Morgan fingerprint density at radius 2 is 1.95 bits per heavy atom. The van der Waals surface area contributed by atoms with E-state index < -0.39 is 6.10 Å². The first-order chi connectivity index (χ1) is 9.63. The number of benzene rings is 1. The smallest absolute Gasteiger partial charge is 0.0898 e. The summed E-state index contributed by atoms with van der Waals surface area (Å²) in [5.41, 5.74) is 1.14. The van der Waals surface area contributed by atoms with E-state index in [0.717, 1.165) is 17.7 Å². The SMILES string of the molecule is CSCCC(C)NCC(O)COC(C)c1ccccc1. The molecule has 0 spiro atoms. The Labute approximate surface area is 127 Å². The third-order valence-corrected chi connectivity index (χ3v) is 3.91. The second-order valence-electron chi connectivity index (χ2n) is 5.13. The molecule has 2 N–H and O–H groups in total. The van der Waals surface area contributed by atoms with Crippen LogP contribution in [0, 0.1) is 0 Å². The van der Waals surface area contributed by atoms with Crippen LogP contribution in [-0.2, 0) is 4.74 Å². The van der Waals surface area contributed by atoms with Crippen LogP contribution >= 0.6 is 11.8 Å². The van der Waals surface area contributed by atoms with Gasteiger partial charge in [0.2, 0.25) is 0 Å². The van der Waals surface area contributed by atoms with Gasteiger partial charge in [-0.15, -0.1) is 0 Å². The maximum atomic E-state index is 9.93. The Balaban J connectivity index is 2.18. The van der Waals surface area contributed by atoms with Crippen LogP contribution in [-0.4, -0.2) is 42.4 Å². The number of hydrogen-bond acceptors (Lipinski definition) is 4. The van der Waals surface area contributed by atoms with Gasteiger partial charge in [0.25, 0.3) is 0 Å². The summed E-state index contributed by atoms with van der Waals surface area (Å²) in [5.74, 6) is 1.14. The van der Waals surface area contributed by atoms with Crippen molar-refractivity contribution >= 4 is 11.8 Å². The molecule has 0 heterocycles. The molecule has 3 atom stereocenters. The molecule has 3 unspecified atom stereocenters. The lowest BCUT2D eigenvalue weighted by atomic mass is 10.1. The lowest BCUT2D eigenvalue weighted by Crippen LogP contribution is -2.36. The zero-order valence-electron chi connectivity index (χ0n) is 12.7. The molecule has 0 radical (unpaired) electrons. The predicted molar refractivity (Wildman–Crippen MR) is 87.3 cm³/mol. The standard InChI is InChI=1S/C16H27NO2S/c1-13(9-10-20-3)17-11-16(18)12-19-14(2)15-7-5-4-6-8-15/h4-8,13-14,16-18H,9-12H2,1-3H3. The van der Waals surface area contributed by atoms with Crippen molar-refractivity contribution < 1.29 is 9.84 Å². The van der Waals surface area contributed by atoms with Crippen LogP contribution < -0.4 is 5.32 Å². The number of aliphatic hydroxyl groups is 1. The molecular formula is C16H27NO2S. The fourth-order valence-corrected chi connectivity index (χ4v) is 2.46. The third kappa shape index (κ3) is 7.29. The lowest BCUT2D eigenvalue weighted by Gasteiger charge is -2.19. The fourth-order valence-electron chi connectivity index (χ4n) is 1.87. The van der Waals surface area contributed by atoms with Gasteiger partial charge in [-0.25, -0.2) is 0 Å². The van der Waals surface area contributed by atoms with E-state index in [-0.39, 0.29) is 6.10 Å². The van der Waals surface area contributed by atoms with Gasteiger partial charge in [0.1, 0.15) is 0 Å². The maximum absolute atomic E-state index is 9.93. The molecule has 0 fully saturated rings. The zero-order valence-corrected chi connectivity index (χ0v) is 13.5. The van der Waals surface area contributed by atoms with Crippen molar-refractivity contribution in [1.82, 2.24) is 5.32 Å². The highest BCUT2D eigenvalue weighted by molar-refractivity contribution is 7.98. The highest BCUT2D eigenvalue weighted by Crippen LogP contribution is 2.15. The molecular weight excluding hydrogens is 270 g/mol. The normalized spacial score (nSPS) is 15.8. The van der Waals surface area contributed by atoms with Gasteiger partial charge >= 0.3 is 0 Å². The molecule has 1 aromatic rings. The van der Waals surface area contributed by atoms with Gasteiger partial charge in [-0.05, 0) is 37.8 Å². The van der Waals surface area contributed by atoms with Crippen LogP contribution in [0.15, 0.2) is 30.3 Å². The highest BCUT2D eigenvalue weighted by atomic mass is 32.2. The van der Waals surface area contributed by atoms with E-state index in [9.17, 15) is 5.11 Å². The summed E-state index contributed by atoms with van der Waals surface area (Å²) in [6.45, 7) is 5.10. The fraction of sp³-hybridized carbons (Fsp3) is 0.625. The summed E-state index contributed by atoms with van der Waals surface area (Å²) < 4.78 is 5.71. The Hall–Kier alpha value is -0.550. The average Bonchev–Trinajstić information content (AvgIpc) is 2.49. The van der Waals surface area contributed by atoms with E-state index >= 15 is 0 Å². The van der Waals surface area contributed by atoms with Gasteiger partial charge in [0, 0.05) is 12.6 Å². The van der Waals surface area contributed by atoms with Crippen LogP contribution in [0.25, 0.3) is 0 Å². The zero-order chi connectivity index (χ0) is 14.8. The largest absolute Gasteiger partial charge is 0.389 e. The average molecular weight is 297 g/mol. The van der Waals surface area contributed by atoms with Crippen molar-refractivity contribution in [2.75, 3.05) is 25.2 Å². The molecule has 0 amide bonds. The molecule has 0 aromatic heterocycles. The molecule has 0 saturated carbocycles. The summed E-state index contributed by atoms with van der Waals surface area (Å²) >= 11 is 1.85. The third-order valence-electron chi connectivity index (χ3n) is 3.26. The summed E-state index contributed by atoms with van der Waals surface area (Å²) in [5, 5.41) is 13.3. The second-order valence-corrected chi connectivity index (χ2v) is 6.12. The van der Waals surface area contributed by atoms with Crippen LogP contribution in [0.5, 0.6) is 0 Å². The highest BCUT2D eigenvalue weighted by Gasteiger charge is 2.10. The molecule has 0 aliphatic carbocycles. The van der Waals surface area contributed by atoms with Crippen LogP contribution in [0.1, 0.15) is 31.9 Å². The van der Waals surface area contributed by atoms with Crippen molar-refractivity contribution in [2.24, 2.45) is 0 Å². The van der Waals surface area contributed by atoms with Crippen LogP contribution in [0.2, 0.25) is 0 Å². The van der Waals surface area contributed by atoms with E-state index in [0.29, 0.717) is 19.2 Å². The predicted octanol–water partition coefficient (Wildman–Crippen LogP) is 2.86. The van der Waals surface area contributed by atoms with Crippen molar-refractivity contribution in [1.29, 1.82) is 0 Å². The lowest BCUT2D eigenvalue weighted by molar-refractivity contribution is -0.00275. The van der Waals surface area contributed by atoms with E-state index in [2.05, 4.69) is 18.5 Å². The van der Waals surface area contributed by atoms with Gasteiger partial charge in [0.05, 0.1) is 18.8 Å². The van der Waals surface area contributed by atoms with E-state index in [1.54, 1.807) is 0 Å². The Morgan fingerprint density at radius 3 is 2.60 bits per heavy atom. The van der Waals surface area contributed by atoms with E-state index in [4.69, 9.17) is 4.74 Å². The molecule has 0 bridgehead atoms. The van der Waals surface area contributed by atoms with Crippen molar-refractivity contribution in [2.45, 2.75) is 38.5 Å². The minimum atomic E-state index is -0.460. The van der Waals surface area contributed by atoms with Gasteiger partial charge in [-0.2, -0.15) is 11.8 Å². The number of hydrogen-bond donors (Lipinski definition) is 2. The van der Waals surface area contributed by atoms with Gasteiger partial charge in [0.15, 0.2) is 0 Å².